The Hall–Kier alpha value is -3.53. The van der Waals surface area contributed by atoms with Crippen molar-refractivity contribution in [1.82, 2.24) is 4.98 Å². The molecule has 4 heteroatoms. The number of fused-ring (bicyclic) bond motifs is 5. The van der Waals surface area contributed by atoms with Gasteiger partial charge in [-0.2, -0.15) is 0 Å². The van der Waals surface area contributed by atoms with Crippen LogP contribution < -0.4 is 25.9 Å². The van der Waals surface area contributed by atoms with Crippen molar-refractivity contribution < 1.29 is 9.47 Å². The molecule has 7 rings (SSSR count). The number of rotatable bonds is 1. The minimum Gasteiger partial charge on any atom is -0.458 e. The zero-order valence-corrected chi connectivity index (χ0v) is 17.1. The maximum absolute atomic E-state index is 6.55. The van der Waals surface area contributed by atoms with Crippen LogP contribution in [0.2, 0.25) is 0 Å². The van der Waals surface area contributed by atoms with Crippen LogP contribution in [0.15, 0.2) is 72.8 Å². The average Bonchev–Trinajstić information content (AvgIpc) is 2.83. The van der Waals surface area contributed by atoms with Gasteiger partial charge in [0.2, 0.25) is 0 Å². The van der Waals surface area contributed by atoms with E-state index in [0.29, 0.717) is 0 Å². The van der Waals surface area contributed by atoms with Crippen LogP contribution in [0.4, 0.5) is 0 Å². The maximum Gasteiger partial charge on any atom is 0.260 e. The van der Waals surface area contributed by atoms with Crippen LogP contribution in [0.25, 0.3) is 11.3 Å². The molecule has 3 aromatic carbocycles. The molecular formula is C27H20BNO2. The van der Waals surface area contributed by atoms with E-state index < -0.39 is 0 Å². The van der Waals surface area contributed by atoms with Crippen LogP contribution in [0.1, 0.15) is 24.1 Å². The Morgan fingerprint density at radius 3 is 2.26 bits per heavy atom. The van der Waals surface area contributed by atoms with Gasteiger partial charge < -0.3 is 9.47 Å². The van der Waals surface area contributed by atoms with Crippen molar-refractivity contribution >= 4 is 23.1 Å². The summed E-state index contributed by atoms with van der Waals surface area (Å²) in [7, 11) is 0. The number of hydrogen-bond donors (Lipinski definition) is 0. The van der Waals surface area contributed by atoms with Crippen LogP contribution in [-0.4, -0.2) is 11.7 Å². The molecule has 3 heterocycles. The molecular weight excluding hydrogens is 381 g/mol. The summed E-state index contributed by atoms with van der Waals surface area (Å²) in [5, 5.41) is 0. The summed E-state index contributed by atoms with van der Waals surface area (Å²) < 4.78 is 12.9. The number of hydrogen-bond acceptors (Lipinski definition) is 3. The Kier molecular flexibility index (Phi) is 3.59. The van der Waals surface area contributed by atoms with Crippen molar-refractivity contribution in [1.29, 1.82) is 0 Å². The highest BCUT2D eigenvalue weighted by Gasteiger charge is 2.41. The van der Waals surface area contributed by atoms with Gasteiger partial charge in [-0.15, -0.1) is 0 Å². The number of nitrogens with zero attached hydrogens (tertiary/aromatic N) is 1. The summed E-state index contributed by atoms with van der Waals surface area (Å²) >= 11 is 0. The van der Waals surface area contributed by atoms with E-state index in [2.05, 4.69) is 60.7 Å². The van der Waals surface area contributed by atoms with E-state index in [9.17, 15) is 0 Å². The van der Waals surface area contributed by atoms with E-state index in [4.69, 9.17) is 14.5 Å². The fourth-order valence-corrected chi connectivity index (χ4v) is 5.32. The van der Waals surface area contributed by atoms with Crippen molar-refractivity contribution in [2.75, 3.05) is 0 Å². The lowest BCUT2D eigenvalue weighted by Gasteiger charge is -2.33. The molecule has 2 aliphatic heterocycles. The second-order valence-corrected chi connectivity index (χ2v) is 8.58. The van der Waals surface area contributed by atoms with Gasteiger partial charge in [-0.05, 0) is 72.5 Å². The lowest BCUT2D eigenvalue weighted by Crippen LogP contribution is -2.57. The number of ether oxygens (including phenoxy) is 2. The van der Waals surface area contributed by atoms with Crippen LogP contribution in [0, 0.1) is 0 Å². The summed E-state index contributed by atoms with van der Waals surface area (Å²) in [5.74, 6) is 3.57. The third-order valence-electron chi connectivity index (χ3n) is 6.79. The van der Waals surface area contributed by atoms with Gasteiger partial charge in [0.1, 0.15) is 23.0 Å². The summed E-state index contributed by atoms with van der Waals surface area (Å²) in [5.41, 5.74) is 8.12. The zero-order valence-electron chi connectivity index (χ0n) is 17.1. The third-order valence-corrected chi connectivity index (χ3v) is 6.79. The highest BCUT2D eigenvalue weighted by molar-refractivity contribution is 6.98. The Balaban J connectivity index is 1.47. The van der Waals surface area contributed by atoms with Gasteiger partial charge in [0, 0.05) is 16.7 Å². The predicted octanol–water partition coefficient (Wildman–Crippen LogP) is 4.36. The van der Waals surface area contributed by atoms with Gasteiger partial charge >= 0.3 is 0 Å². The first-order chi connectivity index (χ1) is 15.4. The predicted molar refractivity (Wildman–Crippen MR) is 124 cm³/mol. The van der Waals surface area contributed by atoms with Crippen molar-refractivity contribution in [3.63, 3.8) is 0 Å². The van der Waals surface area contributed by atoms with Gasteiger partial charge in [-0.3, -0.25) is 4.98 Å². The standard InChI is InChI=1S/C27H20BNO2/c1-4-10-21-17(7-1)13-15-22(29-21)18-14-16-25-26-27(18)31-24-12-6-3-9-20(24)28(26)19-8-2-5-11-23(19)30-25/h2-3,5-6,8-9,11-16H,1,4,7,10H2. The number of benzene rings is 3. The molecule has 0 saturated carbocycles. The molecule has 3 nitrogen and oxygen atoms in total. The number of aromatic nitrogens is 1. The molecule has 0 amide bonds. The van der Waals surface area contributed by atoms with Crippen molar-refractivity contribution in [3.05, 3.63) is 84.1 Å². The summed E-state index contributed by atoms with van der Waals surface area (Å²) in [4.78, 5) is 5.07. The molecule has 0 spiro atoms. The minimum atomic E-state index is 0.0949. The number of pyridine rings is 1. The van der Waals surface area contributed by atoms with Crippen molar-refractivity contribution in [3.8, 4) is 34.3 Å². The Labute approximate surface area is 181 Å². The first-order valence-corrected chi connectivity index (χ1v) is 11.1. The minimum absolute atomic E-state index is 0.0949. The number of para-hydroxylation sites is 2. The van der Waals surface area contributed by atoms with Crippen LogP contribution in [0.3, 0.4) is 0 Å². The summed E-state index contributed by atoms with van der Waals surface area (Å²) in [6, 6.07) is 25.3. The van der Waals surface area contributed by atoms with Gasteiger partial charge in [-0.1, -0.05) is 42.5 Å². The average molecular weight is 401 g/mol. The normalized spacial score (nSPS) is 15.0. The molecule has 0 saturated heterocycles. The van der Waals surface area contributed by atoms with E-state index in [-0.39, 0.29) is 6.71 Å². The van der Waals surface area contributed by atoms with Crippen LogP contribution in [-0.2, 0) is 12.8 Å². The van der Waals surface area contributed by atoms with Gasteiger partial charge in [0.05, 0.1) is 5.69 Å². The molecule has 4 aromatic rings. The van der Waals surface area contributed by atoms with Crippen LogP contribution in [0.5, 0.6) is 23.0 Å². The first kappa shape index (κ1) is 17.2. The van der Waals surface area contributed by atoms with Gasteiger partial charge in [0.15, 0.2) is 0 Å². The molecule has 0 unspecified atom stereocenters. The number of aryl methyl sites for hydroxylation is 2. The van der Waals surface area contributed by atoms with Gasteiger partial charge in [0.25, 0.3) is 6.71 Å². The second kappa shape index (κ2) is 6.48. The molecule has 0 fully saturated rings. The largest absolute Gasteiger partial charge is 0.458 e. The van der Waals surface area contributed by atoms with E-state index >= 15 is 0 Å². The molecule has 0 bridgehead atoms. The Bertz CT molecular complexity index is 1350. The molecule has 31 heavy (non-hydrogen) atoms. The quantitative estimate of drug-likeness (QED) is 0.384. The first-order valence-electron chi connectivity index (χ1n) is 11.1. The molecule has 0 N–H and O–H groups in total. The SMILES string of the molecule is c1ccc2c(c1)Oc1ccc(-c3ccc4c(n3)CCCC4)c3c1B2c1ccccc1O3. The fraction of sp³-hybridized carbons (Fsp3) is 0.148. The molecule has 1 aromatic heterocycles. The van der Waals surface area contributed by atoms with Crippen molar-refractivity contribution in [2.45, 2.75) is 25.7 Å². The molecule has 0 radical (unpaired) electrons. The summed E-state index contributed by atoms with van der Waals surface area (Å²) in [6.07, 6.45) is 4.68. The zero-order chi connectivity index (χ0) is 20.4. The Morgan fingerprint density at radius 1 is 0.677 bits per heavy atom. The molecule has 3 aliphatic rings. The molecule has 0 atom stereocenters. The van der Waals surface area contributed by atoms with E-state index in [1.165, 1.54) is 35.0 Å². The van der Waals surface area contributed by atoms with Crippen molar-refractivity contribution in [2.24, 2.45) is 0 Å². The monoisotopic (exact) mass is 401 g/mol. The van der Waals surface area contributed by atoms with Gasteiger partial charge in [-0.25, -0.2) is 0 Å². The highest BCUT2D eigenvalue weighted by atomic mass is 16.5. The van der Waals surface area contributed by atoms with E-state index in [0.717, 1.165) is 52.6 Å². The maximum atomic E-state index is 6.55. The smallest absolute Gasteiger partial charge is 0.260 e. The topological polar surface area (TPSA) is 31.4 Å². The fourth-order valence-electron chi connectivity index (χ4n) is 5.32. The van der Waals surface area contributed by atoms with Crippen LogP contribution >= 0.6 is 0 Å². The van der Waals surface area contributed by atoms with E-state index in [1.54, 1.807) is 0 Å². The lowest BCUT2D eigenvalue weighted by molar-refractivity contribution is 0.465. The third kappa shape index (κ3) is 2.51. The summed E-state index contributed by atoms with van der Waals surface area (Å²) in [6.45, 7) is 0.0949. The Morgan fingerprint density at radius 2 is 1.42 bits per heavy atom. The second-order valence-electron chi connectivity index (χ2n) is 8.58. The van der Waals surface area contributed by atoms with E-state index in [1.807, 2.05) is 12.1 Å². The lowest BCUT2D eigenvalue weighted by atomic mass is 9.34. The molecule has 1 aliphatic carbocycles. The highest BCUT2D eigenvalue weighted by Crippen LogP contribution is 2.40. The molecule has 148 valence electrons.